The molecule has 0 fully saturated rings. The predicted molar refractivity (Wildman–Crippen MR) is 252 cm³/mol. The molecule has 0 aromatic heterocycles. The molecule has 10 heteroatoms. The summed E-state index contributed by atoms with van der Waals surface area (Å²) >= 11 is 0. The zero-order chi connectivity index (χ0) is 44.3. The Morgan fingerprint density at radius 2 is 0.917 bits per heavy atom. The molecule has 0 radical (unpaired) electrons. The molecule has 9 nitrogen and oxygen atoms in total. The monoisotopic (exact) mass is 863 g/mol. The molecule has 0 aliphatic heterocycles. The Morgan fingerprint density at radius 3 is 1.42 bits per heavy atom. The molecular formula is C50H89NO8P+. The number of hydrogen-bond acceptors (Lipinski definition) is 7. The van der Waals surface area contributed by atoms with Gasteiger partial charge in [0, 0.05) is 12.8 Å². The van der Waals surface area contributed by atoms with Crippen molar-refractivity contribution < 1.29 is 42.1 Å². The van der Waals surface area contributed by atoms with Gasteiger partial charge in [-0.15, -0.1) is 0 Å². The molecule has 0 spiro atoms. The van der Waals surface area contributed by atoms with Crippen molar-refractivity contribution in [1.82, 2.24) is 0 Å². The zero-order valence-electron chi connectivity index (χ0n) is 38.9. The number of esters is 2. The second-order valence-corrected chi connectivity index (χ2v) is 18.2. The van der Waals surface area contributed by atoms with E-state index in [9.17, 15) is 19.0 Å². The van der Waals surface area contributed by atoms with E-state index in [0.717, 1.165) is 57.8 Å². The standard InChI is InChI=1S/C50H88NO8P/c1-6-8-10-12-14-16-18-20-22-23-24-25-26-27-29-31-33-35-37-39-41-43-50(53)59-48(47-58-60(54,55)57-45-44-51(3,4)5)46-56-49(52)42-40-38-36-34-32-30-28-21-19-17-15-13-11-9-7-2/h15,17,21-23,25-26,28-29,31,35,37,48H,6-14,16,18-20,24,27,30,32-34,36,38-47H2,1-5H3/p+1/b17-15+,23-22+,26-25+,28-21+,31-29+,37-35+/t48-/m1/s1. The van der Waals surface area contributed by atoms with Crippen LogP contribution in [-0.2, 0) is 32.7 Å². The van der Waals surface area contributed by atoms with Crippen molar-refractivity contribution in [3.05, 3.63) is 72.9 Å². The number of ether oxygens (including phenoxy) is 2. The molecule has 346 valence electrons. The summed E-state index contributed by atoms with van der Waals surface area (Å²) in [6.07, 6.45) is 52.5. The van der Waals surface area contributed by atoms with Crippen LogP contribution in [0.1, 0.15) is 181 Å². The average Bonchev–Trinajstić information content (AvgIpc) is 3.20. The lowest BCUT2D eigenvalue weighted by atomic mass is 10.1. The number of nitrogens with zero attached hydrogens (tertiary/aromatic N) is 1. The summed E-state index contributed by atoms with van der Waals surface area (Å²) in [5, 5.41) is 0. The molecule has 0 amide bonds. The van der Waals surface area contributed by atoms with Gasteiger partial charge in [-0.05, 0) is 83.5 Å². The van der Waals surface area contributed by atoms with Gasteiger partial charge in [0.15, 0.2) is 6.10 Å². The molecule has 0 heterocycles. The lowest BCUT2D eigenvalue weighted by molar-refractivity contribution is -0.870. The number of likely N-dealkylation sites (N-methyl/N-ethyl adjacent to an activating group) is 1. The van der Waals surface area contributed by atoms with Crippen molar-refractivity contribution >= 4 is 19.8 Å². The Labute approximate surface area is 368 Å². The van der Waals surface area contributed by atoms with Crippen molar-refractivity contribution in [1.29, 1.82) is 0 Å². The topological polar surface area (TPSA) is 108 Å². The molecule has 1 N–H and O–H groups in total. The third-order valence-electron chi connectivity index (χ3n) is 9.71. The Morgan fingerprint density at radius 1 is 0.517 bits per heavy atom. The van der Waals surface area contributed by atoms with E-state index >= 15 is 0 Å². The van der Waals surface area contributed by atoms with E-state index in [1.54, 1.807) is 0 Å². The molecule has 0 aliphatic carbocycles. The minimum Gasteiger partial charge on any atom is -0.462 e. The van der Waals surface area contributed by atoms with Gasteiger partial charge in [-0.1, -0.05) is 157 Å². The molecule has 0 rings (SSSR count). The van der Waals surface area contributed by atoms with Gasteiger partial charge < -0.3 is 18.9 Å². The lowest BCUT2D eigenvalue weighted by Gasteiger charge is -2.24. The average molecular weight is 863 g/mol. The zero-order valence-corrected chi connectivity index (χ0v) is 39.8. The van der Waals surface area contributed by atoms with E-state index < -0.39 is 32.5 Å². The molecule has 60 heavy (non-hydrogen) atoms. The number of rotatable bonds is 42. The fraction of sp³-hybridized carbons (Fsp3) is 0.720. The Bertz CT molecular complexity index is 1250. The maximum atomic E-state index is 12.7. The Kier molecular flexibility index (Phi) is 40.0. The SMILES string of the molecule is CCCCC/C=C/C/C=C/CCCCCCCC(=O)OC[C@H](COP(=O)(O)OCC[N+](C)(C)C)OC(=O)CCC/C=C/C/C=C/C/C=C/C/C=C/CCCCCCCCC. The van der Waals surface area contributed by atoms with Crippen LogP contribution in [0.15, 0.2) is 72.9 Å². The predicted octanol–water partition coefficient (Wildman–Crippen LogP) is 13.8. The van der Waals surface area contributed by atoms with Crippen molar-refractivity contribution in [2.24, 2.45) is 0 Å². The number of phosphoric ester groups is 1. The highest BCUT2D eigenvalue weighted by molar-refractivity contribution is 7.47. The summed E-state index contributed by atoms with van der Waals surface area (Å²) in [5.41, 5.74) is 0. The first-order chi connectivity index (χ1) is 29.0. The van der Waals surface area contributed by atoms with Gasteiger partial charge in [0.05, 0.1) is 27.7 Å². The van der Waals surface area contributed by atoms with Crippen LogP contribution in [0.5, 0.6) is 0 Å². The summed E-state index contributed by atoms with van der Waals surface area (Å²) in [6.45, 7) is 4.30. The first-order valence-corrected chi connectivity index (χ1v) is 25.2. The quantitative estimate of drug-likeness (QED) is 0.0212. The molecule has 0 aliphatic rings. The normalized spacial score (nSPS) is 14.2. The van der Waals surface area contributed by atoms with Crippen LogP contribution in [-0.4, -0.2) is 74.9 Å². The fourth-order valence-corrected chi connectivity index (χ4v) is 6.72. The largest absolute Gasteiger partial charge is 0.472 e. The third-order valence-corrected chi connectivity index (χ3v) is 10.7. The summed E-state index contributed by atoms with van der Waals surface area (Å²) in [6, 6.07) is 0. The van der Waals surface area contributed by atoms with E-state index in [1.807, 2.05) is 27.2 Å². The summed E-state index contributed by atoms with van der Waals surface area (Å²) < 4.78 is 34.3. The van der Waals surface area contributed by atoms with Crippen LogP contribution in [0, 0.1) is 0 Å². The first-order valence-electron chi connectivity index (χ1n) is 23.7. The number of allylic oxidation sites excluding steroid dienone is 12. The number of quaternary nitrogens is 1. The van der Waals surface area contributed by atoms with Crippen LogP contribution in [0.2, 0.25) is 0 Å². The molecule has 0 saturated heterocycles. The first kappa shape index (κ1) is 57.4. The Hall–Kier alpha value is -2.55. The second-order valence-electron chi connectivity index (χ2n) is 16.8. The van der Waals surface area contributed by atoms with Crippen LogP contribution in [0.4, 0.5) is 0 Å². The highest BCUT2D eigenvalue weighted by Crippen LogP contribution is 2.43. The molecule has 1 unspecified atom stereocenters. The highest BCUT2D eigenvalue weighted by Gasteiger charge is 2.27. The summed E-state index contributed by atoms with van der Waals surface area (Å²) in [4.78, 5) is 35.4. The smallest absolute Gasteiger partial charge is 0.462 e. The fourth-order valence-electron chi connectivity index (χ4n) is 5.98. The molecule has 0 saturated carbocycles. The molecule has 2 atom stereocenters. The van der Waals surface area contributed by atoms with E-state index in [1.165, 1.54) is 77.0 Å². The maximum absolute atomic E-state index is 12.7. The van der Waals surface area contributed by atoms with Gasteiger partial charge in [-0.2, -0.15) is 0 Å². The van der Waals surface area contributed by atoms with Crippen molar-refractivity contribution in [3.8, 4) is 0 Å². The van der Waals surface area contributed by atoms with E-state index in [2.05, 4.69) is 80.7 Å². The number of hydrogen-bond donors (Lipinski definition) is 1. The van der Waals surface area contributed by atoms with Gasteiger partial charge in [0.25, 0.3) is 0 Å². The number of carbonyl (C=O) groups excluding carboxylic acids is 2. The molecular weight excluding hydrogens is 774 g/mol. The summed E-state index contributed by atoms with van der Waals surface area (Å²) in [5.74, 6) is -0.885. The van der Waals surface area contributed by atoms with Crippen LogP contribution < -0.4 is 0 Å². The van der Waals surface area contributed by atoms with Gasteiger partial charge >= 0.3 is 19.8 Å². The van der Waals surface area contributed by atoms with Crippen LogP contribution in [0.25, 0.3) is 0 Å². The van der Waals surface area contributed by atoms with Crippen LogP contribution >= 0.6 is 7.82 Å². The van der Waals surface area contributed by atoms with Crippen LogP contribution in [0.3, 0.4) is 0 Å². The summed E-state index contributed by atoms with van der Waals surface area (Å²) in [7, 11) is 1.42. The van der Waals surface area contributed by atoms with Crippen molar-refractivity contribution in [2.45, 2.75) is 187 Å². The molecule has 0 aromatic rings. The number of unbranched alkanes of at least 4 members (excludes halogenated alkanes) is 16. The highest BCUT2D eigenvalue weighted by atomic mass is 31.2. The van der Waals surface area contributed by atoms with Gasteiger partial charge in [0.1, 0.15) is 19.8 Å². The third kappa shape index (κ3) is 45.0. The van der Waals surface area contributed by atoms with Gasteiger partial charge in [-0.25, -0.2) is 4.57 Å². The lowest BCUT2D eigenvalue weighted by Crippen LogP contribution is -2.37. The molecule has 0 bridgehead atoms. The van der Waals surface area contributed by atoms with Crippen molar-refractivity contribution in [2.75, 3.05) is 47.5 Å². The second kappa shape index (κ2) is 41.8. The van der Waals surface area contributed by atoms with Gasteiger partial charge in [-0.3, -0.25) is 18.6 Å². The molecule has 0 aromatic carbocycles. The Balaban J connectivity index is 4.45. The minimum absolute atomic E-state index is 0.0158. The number of phosphoric acid groups is 1. The van der Waals surface area contributed by atoms with E-state index in [-0.39, 0.29) is 26.1 Å². The maximum Gasteiger partial charge on any atom is 0.472 e. The minimum atomic E-state index is -4.40. The van der Waals surface area contributed by atoms with Crippen molar-refractivity contribution in [3.63, 3.8) is 0 Å². The number of carbonyl (C=O) groups is 2. The van der Waals surface area contributed by atoms with E-state index in [4.69, 9.17) is 18.5 Å². The van der Waals surface area contributed by atoms with Gasteiger partial charge in [0.2, 0.25) is 0 Å². The van der Waals surface area contributed by atoms with E-state index in [0.29, 0.717) is 30.3 Å².